The highest BCUT2D eigenvalue weighted by atomic mass is 16.5. The normalized spacial score (nSPS) is 10.2. The van der Waals surface area contributed by atoms with E-state index >= 15 is 0 Å². The second-order valence-electron chi connectivity index (χ2n) is 6.01. The highest BCUT2D eigenvalue weighted by molar-refractivity contribution is 6.03. The average molecular weight is 402 g/mol. The van der Waals surface area contributed by atoms with Crippen LogP contribution in [0.3, 0.4) is 0 Å². The third-order valence-corrected chi connectivity index (χ3v) is 4.06. The van der Waals surface area contributed by atoms with Crippen LogP contribution < -0.4 is 5.32 Å². The van der Waals surface area contributed by atoms with Crippen LogP contribution in [0.5, 0.6) is 0 Å². The summed E-state index contributed by atoms with van der Waals surface area (Å²) in [5.74, 6) is -2.59. The lowest BCUT2D eigenvalue weighted by Crippen LogP contribution is -2.22. The number of benzene rings is 1. The van der Waals surface area contributed by atoms with Crippen molar-refractivity contribution in [2.75, 3.05) is 25.6 Å². The molecule has 29 heavy (non-hydrogen) atoms. The molecule has 9 heteroatoms. The third kappa shape index (κ3) is 5.01. The number of carbonyl (C=O) groups excluding carboxylic acids is 4. The Balaban J connectivity index is 2.05. The Hall–Kier alpha value is -3.62. The predicted molar refractivity (Wildman–Crippen MR) is 103 cm³/mol. The molecule has 2 rings (SSSR count). The van der Waals surface area contributed by atoms with Gasteiger partial charge in [0.1, 0.15) is 5.69 Å². The van der Waals surface area contributed by atoms with Gasteiger partial charge in [0.15, 0.2) is 6.61 Å². The number of anilines is 1. The molecule has 0 fully saturated rings. The minimum absolute atomic E-state index is 0.0580. The standard InChI is InChI=1S/C20H22N2O7/c1-5-28-18(24)13-8-6-7-9-14(13)22-15(23)10-29-20(26)17-11(2)16(12(3)21-17)19(25)27-4/h6-9,21H,5,10H2,1-4H3,(H,22,23). The second kappa shape index (κ2) is 9.54. The maximum atomic E-state index is 12.3. The van der Waals surface area contributed by atoms with Gasteiger partial charge in [-0.15, -0.1) is 0 Å². The van der Waals surface area contributed by atoms with Crippen molar-refractivity contribution >= 4 is 29.5 Å². The van der Waals surface area contributed by atoms with Gasteiger partial charge in [-0.25, -0.2) is 14.4 Å². The zero-order chi connectivity index (χ0) is 21.6. The van der Waals surface area contributed by atoms with Gasteiger partial charge in [-0.1, -0.05) is 12.1 Å². The zero-order valence-corrected chi connectivity index (χ0v) is 16.6. The Morgan fingerprint density at radius 3 is 2.34 bits per heavy atom. The molecule has 0 aliphatic heterocycles. The summed E-state index contributed by atoms with van der Waals surface area (Å²) in [4.78, 5) is 51.0. The first-order valence-electron chi connectivity index (χ1n) is 8.80. The Morgan fingerprint density at radius 1 is 1.00 bits per heavy atom. The van der Waals surface area contributed by atoms with Crippen LogP contribution in [0.25, 0.3) is 0 Å². The van der Waals surface area contributed by atoms with E-state index in [2.05, 4.69) is 10.3 Å². The van der Waals surface area contributed by atoms with E-state index in [1.807, 2.05) is 0 Å². The van der Waals surface area contributed by atoms with Crippen molar-refractivity contribution in [1.29, 1.82) is 0 Å². The van der Waals surface area contributed by atoms with Crippen molar-refractivity contribution in [2.45, 2.75) is 20.8 Å². The maximum Gasteiger partial charge on any atom is 0.355 e. The number of para-hydroxylation sites is 1. The fourth-order valence-corrected chi connectivity index (χ4v) is 2.73. The van der Waals surface area contributed by atoms with Crippen LogP contribution in [-0.4, -0.2) is 49.1 Å². The van der Waals surface area contributed by atoms with E-state index in [9.17, 15) is 19.2 Å². The van der Waals surface area contributed by atoms with Gasteiger partial charge in [-0.3, -0.25) is 4.79 Å². The summed E-state index contributed by atoms with van der Waals surface area (Å²) in [6.45, 7) is 4.48. The molecule has 1 amide bonds. The highest BCUT2D eigenvalue weighted by Crippen LogP contribution is 2.20. The van der Waals surface area contributed by atoms with Crippen molar-refractivity contribution in [3.05, 3.63) is 52.3 Å². The molecule has 0 aliphatic carbocycles. The molecule has 0 radical (unpaired) electrons. The number of ether oxygens (including phenoxy) is 3. The quantitative estimate of drug-likeness (QED) is 0.538. The number of H-pyrrole nitrogens is 1. The number of esters is 3. The minimum atomic E-state index is -0.797. The summed E-state index contributed by atoms with van der Waals surface area (Å²) < 4.78 is 14.7. The van der Waals surface area contributed by atoms with Crippen LogP contribution in [0.4, 0.5) is 5.69 Å². The van der Waals surface area contributed by atoms with Crippen LogP contribution in [0.1, 0.15) is 49.4 Å². The molecule has 0 unspecified atom stereocenters. The van der Waals surface area contributed by atoms with Crippen molar-refractivity contribution < 1.29 is 33.4 Å². The smallest absolute Gasteiger partial charge is 0.355 e. The van der Waals surface area contributed by atoms with Gasteiger partial charge < -0.3 is 24.5 Å². The summed E-state index contributed by atoms with van der Waals surface area (Å²) in [7, 11) is 1.24. The number of nitrogens with one attached hydrogen (secondary N) is 2. The number of aromatic nitrogens is 1. The monoisotopic (exact) mass is 402 g/mol. The fourth-order valence-electron chi connectivity index (χ4n) is 2.73. The van der Waals surface area contributed by atoms with Crippen molar-refractivity contribution in [2.24, 2.45) is 0 Å². The first kappa shape index (κ1) is 21.7. The van der Waals surface area contributed by atoms with Gasteiger partial charge in [0.25, 0.3) is 5.91 Å². The summed E-state index contributed by atoms with van der Waals surface area (Å²) in [6, 6.07) is 6.33. The van der Waals surface area contributed by atoms with Crippen LogP contribution in [0.15, 0.2) is 24.3 Å². The summed E-state index contributed by atoms with van der Waals surface area (Å²) in [6.07, 6.45) is 0. The lowest BCUT2D eigenvalue weighted by molar-refractivity contribution is -0.119. The number of rotatable bonds is 7. The lowest BCUT2D eigenvalue weighted by Gasteiger charge is -2.10. The van der Waals surface area contributed by atoms with E-state index in [1.54, 1.807) is 32.9 Å². The topological polar surface area (TPSA) is 124 Å². The number of aromatic amines is 1. The van der Waals surface area contributed by atoms with Crippen LogP contribution in [0.2, 0.25) is 0 Å². The van der Waals surface area contributed by atoms with E-state index in [0.29, 0.717) is 11.3 Å². The van der Waals surface area contributed by atoms with Crippen molar-refractivity contribution in [1.82, 2.24) is 4.98 Å². The van der Waals surface area contributed by atoms with E-state index in [-0.39, 0.29) is 29.1 Å². The molecule has 154 valence electrons. The van der Waals surface area contributed by atoms with Gasteiger partial charge in [0.2, 0.25) is 0 Å². The first-order chi connectivity index (χ1) is 13.8. The van der Waals surface area contributed by atoms with Gasteiger partial charge >= 0.3 is 17.9 Å². The second-order valence-corrected chi connectivity index (χ2v) is 6.01. The summed E-state index contributed by atoms with van der Waals surface area (Å²) in [5, 5.41) is 2.51. The summed E-state index contributed by atoms with van der Waals surface area (Å²) >= 11 is 0. The molecule has 9 nitrogen and oxygen atoms in total. The van der Waals surface area contributed by atoms with E-state index in [1.165, 1.54) is 19.2 Å². The molecule has 1 heterocycles. The Labute approximate surface area is 167 Å². The van der Waals surface area contributed by atoms with Gasteiger partial charge in [-0.2, -0.15) is 0 Å². The van der Waals surface area contributed by atoms with E-state index in [4.69, 9.17) is 14.2 Å². The van der Waals surface area contributed by atoms with Crippen LogP contribution in [-0.2, 0) is 19.0 Å². The highest BCUT2D eigenvalue weighted by Gasteiger charge is 2.24. The molecule has 1 aromatic carbocycles. The Morgan fingerprint density at radius 2 is 1.69 bits per heavy atom. The maximum absolute atomic E-state index is 12.3. The van der Waals surface area contributed by atoms with Crippen molar-refractivity contribution in [3.8, 4) is 0 Å². The first-order valence-corrected chi connectivity index (χ1v) is 8.80. The Kier molecular flexibility index (Phi) is 7.13. The van der Waals surface area contributed by atoms with Gasteiger partial charge in [-0.05, 0) is 38.5 Å². The minimum Gasteiger partial charge on any atom is -0.465 e. The zero-order valence-electron chi connectivity index (χ0n) is 16.6. The van der Waals surface area contributed by atoms with Gasteiger partial charge in [0, 0.05) is 5.69 Å². The fraction of sp³-hybridized carbons (Fsp3) is 0.300. The molecule has 2 aromatic rings. The third-order valence-electron chi connectivity index (χ3n) is 4.06. The largest absolute Gasteiger partial charge is 0.465 e. The molecule has 0 aliphatic rings. The number of hydrogen-bond acceptors (Lipinski definition) is 7. The molecule has 0 atom stereocenters. The SMILES string of the molecule is CCOC(=O)c1ccccc1NC(=O)COC(=O)c1[nH]c(C)c(C(=O)OC)c1C. The van der Waals surface area contributed by atoms with Crippen molar-refractivity contribution in [3.63, 3.8) is 0 Å². The average Bonchev–Trinajstić information content (AvgIpc) is 3.00. The number of carbonyl (C=O) groups is 4. The number of hydrogen-bond donors (Lipinski definition) is 2. The molecular formula is C20H22N2O7. The molecule has 0 saturated heterocycles. The van der Waals surface area contributed by atoms with E-state index < -0.39 is 30.4 Å². The number of methoxy groups -OCH3 is 1. The summed E-state index contributed by atoms with van der Waals surface area (Å²) in [5.41, 5.74) is 1.55. The molecule has 0 bridgehead atoms. The lowest BCUT2D eigenvalue weighted by atomic mass is 10.1. The predicted octanol–water partition coefficient (Wildman–Crippen LogP) is 2.39. The Bertz CT molecular complexity index is 946. The molecule has 0 spiro atoms. The van der Waals surface area contributed by atoms with Crippen LogP contribution in [0, 0.1) is 13.8 Å². The number of aryl methyl sites for hydroxylation is 1. The van der Waals surface area contributed by atoms with Gasteiger partial charge in [0.05, 0.1) is 30.5 Å². The number of amides is 1. The molecule has 0 saturated carbocycles. The molecular weight excluding hydrogens is 380 g/mol. The molecule has 2 N–H and O–H groups in total. The van der Waals surface area contributed by atoms with Crippen LogP contribution >= 0.6 is 0 Å². The van der Waals surface area contributed by atoms with E-state index in [0.717, 1.165) is 0 Å². The molecule has 1 aromatic heterocycles.